The standard InChI is InChI=1S/C16H14BrNO3/c1-10(20)21-15-9-11(17)8-13-12-4-2-3-5-14(12)18(6-7-19)16(13)15/h2-5,8-9,19H,6-7H2,1H3. The van der Waals surface area contributed by atoms with E-state index >= 15 is 0 Å². The zero-order chi connectivity index (χ0) is 15.0. The largest absolute Gasteiger partial charge is 0.424 e. The highest BCUT2D eigenvalue weighted by Crippen LogP contribution is 2.37. The number of esters is 1. The number of nitrogens with zero attached hydrogens (tertiary/aromatic N) is 1. The van der Waals surface area contributed by atoms with E-state index in [2.05, 4.69) is 15.9 Å². The SMILES string of the molecule is CC(=O)Oc1cc(Br)cc2c3ccccc3n(CCO)c12. The molecule has 0 aliphatic heterocycles. The first-order valence-electron chi connectivity index (χ1n) is 6.61. The number of rotatable bonds is 3. The topological polar surface area (TPSA) is 51.5 Å². The predicted molar refractivity (Wildman–Crippen MR) is 85.5 cm³/mol. The number of aromatic nitrogens is 1. The average Bonchev–Trinajstić information content (AvgIpc) is 2.74. The number of aliphatic hydroxyl groups is 1. The highest BCUT2D eigenvalue weighted by Gasteiger charge is 2.16. The molecule has 1 N–H and O–H groups in total. The summed E-state index contributed by atoms with van der Waals surface area (Å²) in [6, 6.07) is 11.7. The highest BCUT2D eigenvalue weighted by atomic mass is 79.9. The van der Waals surface area contributed by atoms with Crippen molar-refractivity contribution in [2.75, 3.05) is 6.61 Å². The smallest absolute Gasteiger partial charge is 0.308 e. The quantitative estimate of drug-likeness (QED) is 0.582. The van der Waals surface area contributed by atoms with E-state index in [1.54, 1.807) is 6.07 Å². The number of halogens is 1. The monoisotopic (exact) mass is 347 g/mol. The van der Waals surface area contributed by atoms with Crippen LogP contribution in [0, 0.1) is 0 Å². The van der Waals surface area contributed by atoms with Gasteiger partial charge >= 0.3 is 5.97 Å². The van der Waals surface area contributed by atoms with Gasteiger partial charge in [-0.2, -0.15) is 0 Å². The van der Waals surface area contributed by atoms with Crippen LogP contribution in [-0.2, 0) is 11.3 Å². The molecule has 0 bridgehead atoms. The van der Waals surface area contributed by atoms with Crippen LogP contribution in [0.5, 0.6) is 5.75 Å². The van der Waals surface area contributed by atoms with Crippen LogP contribution < -0.4 is 4.74 Å². The van der Waals surface area contributed by atoms with Crippen molar-refractivity contribution >= 4 is 43.7 Å². The first kappa shape index (κ1) is 14.1. The Labute approximate surface area is 130 Å². The van der Waals surface area contributed by atoms with Gasteiger partial charge in [0.25, 0.3) is 0 Å². The lowest BCUT2D eigenvalue weighted by molar-refractivity contribution is -0.131. The minimum Gasteiger partial charge on any atom is -0.424 e. The van der Waals surface area contributed by atoms with E-state index in [1.165, 1.54) is 6.92 Å². The Bertz CT molecular complexity index is 838. The Kier molecular flexibility index (Phi) is 3.69. The third-order valence-electron chi connectivity index (χ3n) is 3.37. The lowest BCUT2D eigenvalue weighted by Gasteiger charge is -2.09. The zero-order valence-electron chi connectivity index (χ0n) is 11.5. The van der Waals surface area contributed by atoms with E-state index < -0.39 is 0 Å². The molecule has 3 aromatic rings. The van der Waals surface area contributed by atoms with Gasteiger partial charge in [0.05, 0.1) is 12.1 Å². The van der Waals surface area contributed by atoms with Crippen LogP contribution in [0.15, 0.2) is 40.9 Å². The molecule has 1 aromatic heterocycles. The molecule has 0 saturated heterocycles. The number of para-hydroxylation sites is 1. The molecule has 0 spiro atoms. The second-order valence-corrected chi connectivity index (χ2v) is 5.70. The van der Waals surface area contributed by atoms with Gasteiger partial charge in [0, 0.05) is 34.2 Å². The molecule has 0 amide bonds. The van der Waals surface area contributed by atoms with Crippen LogP contribution in [0.1, 0.15) is 6.92 Å². The summed E-state index contributed by atoms with van der Waals surface area (Å²) in [4.78, 5) is 11.4. The van der Waals surface area contributed by atoms with Crippen LogP contribution in [0.2, 0.25) is 0 Å². The van der Waals surface area contributed by atoms with Crippen molar-refractivity contribution in [1.29, 1.82) is 0 Å². The molecule has 0 aliphatic rings. The van der Waals surface area contributed by atoms with Gasteiger partial charge in [-0.25, -0.2) is 0 Å². The first-order chi connectivity index (χ1) is 10.1. The molecule has 0 atom stereocenters. The molecular formula is C16H14BrNO3. The fourth-order valence-electron chi connectivity index (χ4n) is 2.68. The van der Waals surface area contributed by atoms with Crippen LogP contribution >= 0.6 is 15.9 Å². The summed E-state index contributed by atoms with van der Waals surface area (Å²) in [6.45, 7) is 1.84. The van der Waals surface area contributed by atoms with Crippen molar-refractivity contribution in [1.82, 2.24) is 4.57 Å². The van der Waals surface area contributed by atoms with Gasteiger partial charge in [0.2, 0.25) is 0 Å². The summed E-state index contributed by atoms with van der Waals surface area (Å²) < 4.78 is 8.18. The fourth-order valence-corrected chi connectivity index (χ4v) is 3.12. The van der Waals surface area contributed by atoms with Crippen molar-refractivity contribution in [3.63, 3.8) is 0 Å². The Morgan fingerprint density at radius 3 is 2.76 bits per heavy atom. The molecule has 0 radical (unpaired) electrons. The van der Waals surface area contributed by atoms with E-state index in [0.717, 1.165) is 26.3 Å². The number of benzene rings is 2. The molecule has 3 rings (SSSR count). The van der Waals surface area contributed by atoms with Crippen LogP contribution in [0.4, 0.5) is 0 Å². The summed E-state index contributed by atoms with van der Waals surface area (Å²) in [7, 11) is 0. The van der Waals surface area contributed by atoms with Gasteiger partial charge in [0.1, 0.15) is 0 Å². The van der Waals surface area contributed by atoms with E-state index in [4.69, 9.17) is 4.74 Å². The van der Waals surface area contributed by atoms with E-state index in [1.807, 2.05) is 34.9 Å². The maximum absolute atomic E-state index is 11.4. The predicted octanol–water partition coefficient (Wildman–Crippen LogP) is 3.47. The summed E-state index contributed by atoms with van der Waals surface area (Å²) in [5.74, 6) is 0.131. The van der Waals surface area contributed by atoms with Crippen molar-refractivity contribution < 1.29 is 14.6 Å². The molecule has 21 heavy (non-hydrogen) atoms. The number of hydrogen-bond donors (Lipinski definition) is 1. The molecule has 0 unspecified atom stereocenters. The van der Waals surface area contributed by atoms with Gasteiger partial charge in [-0.3, -0.25) is 4.79 Å². The van der Waals surface area contributed by atoms with Gasteiger partial charge in [-0.1, -0.05) is 34.1 Å². The van der Waals surface area contributed by atoms with E-state index in [-0.39, 0.29) is 12.6 Å². The van der Waals surface area contributed by atoms with Crippen molar-refractivity contribution in [3.8, 4) is 5.75 Å². The Morgan fingerprint density at radius 2 is 2.05 bits per heavy atom. The molecule has 108 valence electrons. The minimum atomic E-state index is -0.366. The number of carbonyl (C=O) groups excluding carboxylic acids is 1. The van der Waals surface area contributed by atoms with Gasteiger partial charge < -0.3 is 14.4 Å². The molecule has 4 nitrogen and oxygen atoms in total. The minimum absolute atomic E-state index is 0.0172. The normalized spacial score (nSPS) is 11.2. The molecule has 5 heteroatoms. The van der Waals surface area contributed by atoms with Crippen molar-refractivity contribution in [2.45, 2.75) is 13.5 Å². The maximum atomic E-state index is 11.4. The molecular weight excluding hydrogens is 334 g/mol. The number of aliphatic hydroxyl groups excluding tert-OH is 1. The number of ether oxygens (including phenoxy) is 1. The van der Waals surface area contributed by atoms with Gasteiger partial charge in [-0.05, 0) is 18.2 Å². The van der Waals surface area contributed by atoms with Crippen molar-refractivity contribution in [2.24, 2.45) is 0 Å². The van der Waals surface area contributed by atoms with E-state index in [0.29, 0.717) is 12.3 Å². The Balaban J connectivity index is 2.44. The highest BCUT2D eigenvalue weighted by molar-refractivity contribution is 9.10. The maximum Gasteiger partial charge on any atom is 0.308 e. The molecule has 0 aliphatic carbocycles. The van der Waals surface area contributed by atoms with Crippen LogP contribution in [0.25, 0.3) is 21.8 Å². The second kappa shape index (κ2) is 5.50. The van der Waals surface area contributed by atoms with Crippen LogP contribution in [0.3, 0.4) is 0 Å². The second-order valence-electron chi connectivity index (χ2n) is 4.79. The lowest BCUT2D eigenvalue weighted by atomic mass is 10.1. The average molecular weight is 348 g/mol. The van der Waals surface area contributed by atoms with Gasteiger partial charge in [0.15, 0.2) is 5.75 Å². The van der Waals surface area contributed by atoms with Gasteiger partial charge in [-0.15, -0.1) is 0 Å². The molecule has 0 fully saturated rings. The van der Waals surface area contributed by atoms with Crippen molar-refractivity contribution in [3.05, 3.63) is 40.9 Å². The summed E-state index contributed by atoms with van der Waals surface area (Å²) in [5.41, 5.74) is 1.83. The lowest BCUT2D eigenvalue weighted by Crippen LogP contribution is -2.06. The third kappa shape index (κ3) is 2.43. The summed E-state index contributed by atoms with van der Waals surface area (Å²) in [5, 5.41) is 11.4. The third-order valence-corrected chi connectivity index (χ3v) is 3.83. The number of hydrogen-bond acceptors (Lipinski definition) is 3. The first-order valence-corrected chi connectivity index (χ1v) is 7.41. The van der Waals surface area contributed by atoms with E-state index in [9.17, 15) is 9.90 Å². The van der Waals surface area contributed by atoms with Crippen LogP contribution in [-0.4, -0.2) is 22.2 Å². The molecule has 1 heterocycles. The number of fused-ring (bicyclic) bond motifs is 3. The summed E-state index contributed by atoms with van der Waals surface area (Å²) >= 11 is 3.46. The molecule has 2 aromatic carbocycles. The zero-order valence-corrected chi connectivity index (χ0v) is 13.1. The molecule has 0 saturated carbocycles. The fraction of sp³-hybridized carbons (Fsp3) is 0.188. The Hall–Kier alpha value is -1.85. The summed E-state index contributed by atoms with van der Waals surface area (Å²) in [6.07, 6.45) is 0. The Morgan fingerprint density at radius 1 is 1.29 bits per heavy atom. The number of carbonyl (C=O) groups is 1.